The molecule has 0 saturated carbocycles. The van der Waals surface area contributed by atoms with Gasteiger partial charge in [-0.15, -0.1) is 0 Å². The van der Waals surface area contributed by atoms with Crippen molar-refractivity contribution in [2.24, 2.45) is 0 Å². The zero-order valence-corrected chi connectivity index (χ0v) is 16.6. The number of amides is 1. The molecule has 0 spiro atoms. The third-order valence-corrected chi connectivity index (χ3v) is 5.84. The van der Waals surface area contributed by atoms with Gasteiger partial charge in [-0.3, -0.25) is 14.9 Å². The number of hydrogen-bond acceptors (Lipinski definition) is 6. The van der Waals surface area contributed by atoms with E-state index in [9.17, 15) is 23.3 Å². The first-order valence-corrected chi connectivity index (χ1v) is 11.1. The minimum Gasteiger partial charge on any atom is -0.351 e. The van der Waals surface area contributed by atoms with E-state index in [0.29, 0.717) is 12.3 Å². The predicted molar refractivity (Wildman–Crippen MR) is 106 cm³/mol. The van der Waals surface area contributed by atoms with E-state index in [1.165, 1.54) is 11.1 Å². The van der Waals surface area contributed by atoms with E-state index in [2.05, 4.69) is 17.4 Å². The van der Waals surface area contributed by atoms with E-state index in [1.807, 2.05) is 19.1 Å². The average Bonchev–Trinajstić information content (AvgIpc) is 2.61. The van der Waals surface area contributed by atoms with Crippen LogP contribution in [0.25, 0.3) is 0 Å². The van der Waals surface area contributed by atoms with Gasteiger partial charge in [-0.25, -0.2) is 8.42 Å². The minimum absolute atomic E-state index is 0.0480. The van der Waals surface area contributed by atoms with Crippen LogP contribution in [0.2, 0.25) is 0 Å². The summed E-state index contributed by atoms with van der Waals surface area (Å²) in [6.45, 7) is 2.39. The van der Waals surface area contributed by atoms with Gasteiger partial charge in [-0.2, -0.15) is 11.8 Å². The highest BCUT2D eigenvalue weighted by atomic mass is 32.2. The Hall–Kier alpha value is -2.39. The van der Waals surface area contributed by atoms with Crippen LogP contribution in [0.4, 0.5) is 5.69 Å². The fourth-order valence-corrected chi connectivity index (χ4v) is 3.74. The van der Waals surface area contributed by atoms with E-state index >= 15 is 0 Å². The summed E-state index contributed by atoms with van der Waals surface area (Å²) in [5.41, 5.74) is 1.90. The number of aryl methyl sites for hydroxylation is 1. The summed E-state index contributed by atoms with van der Waals surface area (Å²) < 4.78 is 23.4. The molecule has 2 aromatic rings. The van der Waals surface area contributed by atoms with Crippen molar-refractivity contribution in [2.45, 2.75) is 17.6 Å². The quantitative estimate of drug-likeness (QED) is 0.409. The molecule has 0 saturated heterocycles. The summed E-state index contributed by atoms with van der Waals surface area (Å²) in [4.78, 5) is 22.2. The lowest BCUT2D eigenvalue weighted by molar-refractivity contribution is -0.385. The molecule has 0 radical (unpaired) electrons. The third-order valence-electron chi connectivity index (χ3n) is 3.71. The third kappa shape index (κ3) is 6.37. The molecule has 0 aliphatic rings. The Morgan fingerprint density at radius 2 is 1.85 bits per heavy atom. The zero-order chi connectivity index (χ0) is 20.0. The van der Waals surface area contributed by atoms with Crippen LogP contribution in [0.5, 0.6) is 0 Å². The van der Waals surface area contributed by atoms with Crippen molar-refractivity contribution in [1.82, 2.24) is 5.32 Å². The summed E-state index contributed by atoms with van der Waals surface area (Å²) in [6.07, 6.45) is 0.940. The maximum Gasteiger partial charge on any atom is 0.271 e. The van der Waals surface area contributed by atoms with Crippen molar-refractivity contribution in [3.8, 4) is 0 Å². The number of benzene rings is 2. The number of nitro benzene ring substituents is 1. The Morgan fingerprint density at radius 3 is 2.44 bits per heavy atom. The topological polar surface area (TPSA) is 106 Å². The first-order valence-electron chi connectivity index (χ1n) is 8.08. The van der Waals surface area contributed by atoms with Gasteiger partial charge < -0.3 is 5.32 Å². The van der Waals surface area contributed by atoms with E-state index in [-0.39, 0.29) is 10.5 Å². The highest BCUT2D eigenvalue weighted by molar-refractivity contribution is 7.98. The van der Waals surface area contributed by atoms with Crippen molar-refractivity contribution in [3.05, 3.63) is 69.3 Å². The summed E-state index contributed by atoms with van der Waals surface area (Å²) in [5, 5.41) is 13.6. The van der Waals surface area contributed by atoms with Crippen LogP contribution in [0.1, 0.15) is 21.5 Å². The van der Waals surface area contributed by atoms with Crippen molar-refractivity contribution >= 4 is 33.2 Å². The van der Waals surface area contributed by atoms with Gasteiger partial charge in [0, 0.05) is 42.0 Å². The number of nitrogens with one attached hydrogen (secondary N) is 1. The second-order valence-electron chi connectivity index (χ2n) is 6.04. The second-order valence-corrected chi connectivity index (χ2v) is 9.16. The molecule has 2 rings (SSSR count). The standard InChI is InChI=1S/C18H20N2O5S2/c1-13-3-5-14(6-4-13)12-26-8-7-19-18(21)15-9-16(20(22)23)11-17(10-15)27(2,24)25/h3-6,9-11H,7-8,12H2,1-2H3,(H,19,21). The maximum absolute atomic E-state index is 12.2. The normalized spacial score (nSPS) is 11.2. The van der Waals surface area contributed by atoms with E-state index < -0.39 is 26.4 Å². The Labute approximate surface area is 162 Å². The van der Waals surface area contributed by atoms with Gasteiger partial charge in [0.2, 0.25) is 0 Å². The lowest BCUT2D eigenvalue weighted by Gasteiger charge is -2.07. The average molecular weight is 409 g/mol. The SMILES string of the molecule is Cc1ccc(CSCCNC(=O)c2cc([N+](=O)[O-])cc(S(C)(=O)=O)c2)cc1. The number of non-ortho nitro benzene ring substituents is 1. The molecule has 0 aliphatic carbocycles. The number of nitro groups is 1. The number of hydrogen-bond donors (Lipinski definition) is 1. The zero-order valence-electron chi connectivity index (χ0n) is 15.0. The van der Waals surface area contributed by atoms with Gasteiger partial charge >= 0.3 is 0 Å². The van der Waals surface area contributed by atoms with Crippen molar-refractivity contribution in [1.29, 1.82) is 0 Å². The Bertz CT molecular complexity index is 941. The van der Waals surface area contributed by atoms with Gasteiger partial charge in [0.05, 0.1) is 9.82 Å². The van der Waals surface area contributed by atoms with Crippen LogP contribution in [0.3, 0.4) is 0 Å². The highest BCUT2D eigenvalue weighted by Crippen LogP contribution is 2.21. The molecule has 0 aliphatic heterocycles. The van der Waals surface area contributed by atoms with Crippen molar-refractivity contribution in [3.63, 3.8) is 0 Å². The molecule has 7 nitrogen and oxygen atoms in total. The number of nitrogens with zero attached hydrogens (tertiary/aromatic N) is 1. The number of carbonyl (C=O) groups is 1. The Morgan fingerprint density at radius 1 is 1.19 bits per heavy atom. The second kappa shape index (κ2) is 9.01. The molecule has 1 N–H and O–H groups in total. The minimum atomic E-state index is -3.67. The monoisotopic (exact) mass is 408 g/mol. The van der Waals surface area contributed by atoms with Crippen LogP contribution >= 0.6 is 11.8 Å². The predicted octanol–water partition coefficient (Wildman–Crippen LogP) is 2.97. The van der Waals surface area contributed by atoms with Gasteiger partial charge in [0.1, 0.15) is 0 Å². The van der Waals surface area contributed by atoms with Gasteiger partial charge in [0.15, 0.2) is 9.84 Å². The molecule has 9 heteroatoms. The molecule has 27 heavy (non-hydrogen) atoms. The molecule has 0 aromatic heterocycles. The van der Waals surface area contributed by atoms with Crippen LogP contribution in [0.15, 0.2) is 47.4 Å². The summed E-state index contributed by atoms with van der Waals surface area (Å²) >= 11 is 1.65. The molecule has 0 atom stereocenters. The molecular formula is C18H20N2O5S2. The molecule has 144 valence electrons. The number of thioether (sulfide) groups is 1. The summed E-state index contributed by atoms with van der Waals surface area (Å²) in [6, 6.07) is 11.4. The number of sulfone groups is 1. The van der Waals surface area contributed by atoms with Gasteiger partial charge in [-0.05, 0) is 18.6 Å². The van der Waals surface area contributed by atoms with E-state index in [1.54, 1.807) is 11.8 Å². The molecule has 1 amide bonds. The van der Waals surface area contributed by atoms with Gasteiger partial charge in [0.25, 0.3) is 11.6 Å². The van der Waals surface area contributed by atoms with Gasteiger partial charge in [-0.1, -0.05) is 29.8 Å². The van der Waals surface area contributed by atoms with Crippen LogP contribution in [-0.4, -0.2) is 37.8 Å². The summed E-state index contributed by atoms with van der Waals surface area (Å²) in [7, 11) is -3.67. The number of rotatable bonds is 8. The first kappa shape index (κ1) is 20.9. The molecule has 0 heterocycles. The molecule has 0 fully saturated rings. The molecular weight excluding hydrogens is 388 g/mol. The van der Waals surface area contributed by atoms with E-state index in [4.69, 9.17) is 0 Å². The Balaban J connectivity index is 1.94. The highest BCUT2D eigenvalue weighted by Gasteiger charge is 2.18. The fraction of sp³-hybridized carbons (Fsp3) is 0.278. The van der Waals surface area contributed by atoms with Crippen molar-refractivity contribution in [2.75, 3.05) is 18.6 Å². The van der Waals surface area contributed by atoms with Crippen LogP contribution < -0.4 is 5.32 Å². The first-order chi connectivity index (χ1) is 12.7. The lowest BCUT2D eigenvalue weighted by atomic mass is 10.2. The van der Waals surface area contributed by atoms with Crippen LogP contribution in [-0.2, 0) is 15.6 Å². The van der Waals surface area contributed by atoms with E-state index in [0.717, 1.165) is 30.2 Å². The molecule has 0 bridgehead atoms. The fourth-order valence-electron chi connectivity index (χ4n) is 2.25. The molecule has 0 unspecified atom stereocenters. The number of carbonyl (C=O) groups excluding carboxylic acids is 1. The van der Waals surface area contributed by atoms with Crippen molar-refractivity contribution < 1.29 is 18.1 Å². The Kier molecular flexibility index (Phi) is 6.98. The smallest absolute Gasteiger partial charge is 0.271 e. The maximum atomic E-state index is 12.2. The molecule has 2 aromatic carbocycles. The largest absolute Gasteiger partial charge is 0.351 e. The van der Waals surface area contributed by atoms with Crippen LogP contribution in [0, 0.1) is 17.0 Å². The summed E-state index contributed by atoms with van der Waals surface area (Å²) in [5.74, 6) is 0.929. The lowest BCUT2D eigenvalue weighted by Crippen LogP contribution is -2.26.